The van der Waals surface area contributed by atoms with Crippen molar-refractivity contribution in [1.29, 1.82) is 0 Å². The largest absolute Gasteiger partial charge is 0.320 e. The zero-order valence-corrected chi connectivity index (χ0v) is 13.3. The second-order valence-electron chi connectivity index (χ2n) is 6.26. The average Bonchev–Trinajstić information content (AvgIpc) is 2.75. The van der Waals surface area contributed by atoms with Crippen molar-refractivity contribution < 1.29 is 8.42 Å². The van der Waals surface area contributed by atoms with Gasteiger partial charge in [-0.25, -0.2) is 13.1 Å². The van der Waals surface area contributed by atoms with Crippen LogP contribution in [0, 0.1) is 17.3 Å². The summed E-state index contributed by atoms with van der Waals surface area (Å²) in [5.41, 5.74) is 6.20. The number of sulfonamides is 1. The molecule has 3 N–H and O–H groups in total. The fourth-order valence-corrected chi connectivity index (χ4v) is 4.03. The van der Waals surface area contributed by atoms with E-state index in [1.54, 1.807) is 24.3 Å². The minimum Gasteiger partial charge on any atom is -0.320 e. The summed E-state index contributed by atoms with van der Waals surface area (Å²) in [6.45, 7) is 4.60. The number of nitrogens with two attached hydrogens (primary N) is 1. The quantitative estimate of drug-likeness (QED) is 0.837. The van der Waals surface area contributed by atoms with Crippen molar-refractivity contribution in [2.75, 3.05) is 6.54 Å². The van der Waals surface area contributed by atoms with Crippen molar-refractivity contribution in [2.45, 2.75) is 44.0 Å². The maximum absolute atomic E-state index is 12.4. The van der Waals surface area contributed by atoms with E-state index in [9.17, 15) is 8.42 Å². The van der Waals surface area contributed by atoms with Crippen molar-refractivity contribution in [2.24, 2.45) is 11.1 Å². The highest BCUT2D eigenvalue weighted by Gasteiger charge is 2.33. The van der Waals surface area contributed by atoms with Crippen molar-refractivity contribution >= 4 is 10.0 Å². The maximum Gasteiger partial charge on any atom is 0.240 e. The standard InChI is InChI=1S/C16H22N2O2S/c1-16(2)9-8-14(12-16)18-21(19,20)15-7-3-5-13(11-15)6-4-10-17/h3,5,7,11,14,18H,8-10,12,17H2,1-2H3. The third-order valence-electron chi connectivity index (χ3n) is 3.77. The van der Waals surface area contributed by atoms with Gasteiger partial charge in [-0.1, -0.05) is 31.8 Å². The van der Waals surface area contributed by atoms with Crippen LogP contribution in [0.1, 0.15) is 38.7 Å². The molecule has 1 aliphatic rings. The van der Waals surface area contributed by atoms with Crippen LogP contribution in [0.2, 0.25) is 0 Å². The third-order valence-corrected chi connectivity index (χ3v) is 5.29. The van der Waals surface area contributed by atoms with Crippen molar-refractivity contribution in [3.63, 3.8) is 0 Å². The molecular formula is C16H22N2O2S. The lowest BCUT2D eigenvalue weighted by molar-refractivity contribution is 0.372. The summed E-state index contributed by atoms with van der Waals surface area (Å²) in [6, 6.07) is 6.68. The molecular weight excluding hydrogens is 284 g/mol. The van der Waals surface area contributed by atoms with E-state index in [1.165, 1.54) is 0 Å². The van der Waals surface area contributed by atoms with E-state index >= 15 is 0 Å². The second kappa shape index (κ2) is 6.18. The lowest BCUT2D eigenvalue weighted by Crippen LogP contribution is -2.33. The van der Waals surface area contributed by atoms with Crippen LogP contribution in [-0.4, -0.2) is 21.0 Å². The molecule has 1 fully saturated rings. The van der Waals surface area contributed by atoms with Crippen LogP contribution < -0.4 is 10.5 Å². The molecule has 0 aromatic heterocycles. The molecule has 0 heterocycles. The predicted molar refractivity (Wildman–Crippen MR) is 84.1 cm³/mol. The zero-order chi connectivity index (χ0) is 15.5. The smallest absolute Gasteiger partial charge is 0.240 e. The number of hydrogen-bond acceptors (Lipinski definition) is 3. The molecule has 1 aromatic rings. The van der Waals surface area contributed by atoms with Gasteiger partial charge in [0.1, 0.15) is 0 Å². The SMILES string of the molecule is CC1(C)CCC(NS(=O)(=O)c2cccc(C#CCN)c2)C1. The fraction of sp³-hybridized carbons (Fsp3) is 0.500. The minimum atomic E-state index is -3.49. The Kier molecular flexibility index (Phi) is 4.72. The molecule has 0 aliphatic heterocycles. The molecule has 1 aliphatic carbocycles. The van der Waals surface area contributed by atoms with E-state index in [1.807, 2.05) is 0 Å². The van der Waals surface area contributed by atoms with E-state index in [0.29, 0.717) is 5.56 Å². The number of benzene rings is 1. The summed E-state index contributed by atoms with van der Waals surface area (Å²) >= 11 is 0. The third kappa shape index (κ3) is 4.31. The summed E-state index contributed by atoms with van der Waals surface area (Å²) in [4.78, 5) is 0.260. The molecule has 5 heteroatoms. The molecule has 4 nitrogen and oxygen atoms in total. The lowest BCUT2D eigenvalue weighted by atomic mass is 9.92. The summed E-state index contributed by atoms with van der Waals surface area (Å²) < 4.78 is 27.7. The summed E-state index contributed by atoms with van der Waals surface area (Å²) in [6.07, 6.45) is 2.81. The zero-order valence-electron chi connectivity index (χ0n) is 12.5. The van der Waals surface area contributed by atoms with Gasteiger partial charge in [-0.3, -0.25) is 0 Å². The summed E-state index contributed by atoms with van der Waals surface area (Å²) in [5.74, 6) is 5.59. The number of nitrogens with one attached hydrogen (secondary N) is 1. The minimum absolute atomic E-state index is 0.0174. The van der Waals surface area contributed by atoms with Crippen LogP contribution >= 0.6 is 0 Å². The summed E-state index contributed by atoms with van der Waals surface area (Å²) in [7, 11) is -3.49. The van der Waals surface area contributed by atoms with Gasteiger partial charge < -0.3 is 5.73 Å². The first-order valence-corrected chi connectivity index (χ1v) is 8.62. The Morgan fingerprint density at radius 3 is 2.81 bits per heavy atom. The van der Waals surface area contributed by atoms with E-state index in [4.69, 9.17) is 5.73 Å². The van der Waals surface area contributed by atoms with Gasteiger partial charge in [0.05, 0.1) is 11.4 Å². The van der Waals surface area contributed by atoms with Gasteiger partial charge in [0.15, 0.2) is 0 Å². The predicted octanol–water partition coefficient (Wildman–Crippen LogP) is 1.85. The molecule has 1 unspecified atom stereocenters. The molecule has 1 aromatic carbocycles. The van der Waals surface area contributed by atoms with Crippen LogP contribution in [-0.2, 0) is 10.0 Å². The number of rotatable bonds is 3. The Morgan fingerprint density at radius 1 is 1.43 bits per heavy atom. The molecule has 1 atom stereocenters. The van der Waals surface area contributed by atoms with Gasteiger partial charge in [0.2, 0.25) is 10.0 Å². The molecule has 0 bridgehead atoms. The van der Waals surface area contributed by atoms with Crippen LogP contribution in [0.4, 0.5) is 0 Å². The molecule has 1 saturated carbocycles. The van der Waals surface area contributed by atoms with Crippen LogP contribution in [0.15, 0.2) is 29.2 Å². The summed E-state index contributed by atoms with van der Waals surface area (Å²) in [5, 5.41) is 0. The molecule has 0 spiro atoms. The first kappa shape index (κ1) is 16.0. The molecule has 21 heavy (non-hydrogen) atoms. The topological polar surface area (TPSA) is 72.2 Å². The Bertz CT molecular complexity index is 669. The Balaban J connectivity index is 2.16. The lowest BCUT2D eigenvalue weighted by Gasteiger charge is -2.18. The van der Waals surface area contributed by atoms with Crippen LogP contribution in [0.3, 0.4) is 0 Å². The number of hydrogen-bond donors (Lipinski definition) is 2. The first-order valence-electron chi connectivity index (χ1n) is 7.14. The second-order valence-corrected chi connectivity index (χ2v) is 7.97. The van der Waals surface area contributed by atoms with Gasteiger partial charge in [-0.05, 0) is 42.9 Å². The normalized spacial score (nSPS) is 20.8. The van der Waals surface area contributed by atoms with Crippen LogP contribution in [0.5, 0.6) is 0 Å². The highest BCUT2D eigenvalue weighted by molar-refractivity contribution is 7.89. The van der Waals surface area contributed by atoms with E-state index < -0.39 is 10.0 Å². The molecule has 0 radical (unpaired) electrons. The fourth-order valence-electron chi connectivity index (χ4n) is 2.72. The van der Waals surface area contributed by atoms with Gasteiger partial charge in [-0.15, -0.1) is 0 Å². The Hall–Kier alpha value is -1.35. The van der Waals surface area contributed by atoms with Gasteiger partial charge >= 0.3 is 0 Å². The maximum atomic E-state index is 12.4. The molecule has 114 valence electrons. The Labute approximate surface area is 127 Å². The van der Waals surface area contributed by atoms with E-state index in [0.717, 1.165) is 19.3 Å². The highest BCUT2D eigenvalue weighted by atomic mass is 32.2. The van der Waals surface area contributed by atoms with E-state index in [2.05, 4.69) is 30.4 Å². The van der Waals surface area contributed by atoms with Crippen molar-refractivity contribution in [1.82, 2.24) is 4.72 Å². The van der Waals surface area contributed by atoms with Gasteiger partial charge in [0, 0.05) is 11.6 Å². The average molecular weight is 306 g/mol. The molecule has 2 rings (SSSR count). The highest BCUT2D eigenvalue weighted by Crippen LogP contribution is 2.37. The first-order chi connectivity index (χ1) is 9.82. The molecule has 0 amide bonds. The molecule has 0 saturated heterocycles. The van der Waals surface area contributed by atoms with Gasteiger partial charge in [0.25, 0.3) is 0 Å². The van der Waals surface area contributed by atoms with E-state index in [-0.39, 0.29) is 22.9 Å². The monoisotopic (exact) mass is 306 g/mol. The van der Waals surface area contributed by atoms with Crippen molar-refractivity contribution in [3.8, 4) is 11.8 Å². The van der Waals surface area contributed by atoms with Crippen LogP contribution in [0.25, 0.3) is 0 Å². The van der Waals surface area contributed by atoms with Crippen molar-refractivity contribution in [3.05, 3.63) is 29.8 Å². The Morgan fingerprint density at radius 2 is 2.19 bits per heavy atom. The van der Waals surface area contributed by atoms with Gasteiger partial charge in [-0.2, -0.15) is 0 Å².